The Hall–Kier alpha value is -0.570. The maximum absolute atomic E-state index is 11.0. The predicted octanol–water partition coefficient (Wildman–Crippen LogP) is 0.812. The molecule has 3 heteroatoms. The van der Waals surface area contributed by atoms with E-state index >= 15 is 0 Å². The molecule has 0 saturated carbocycles. The Morgan fingerprint density at radius 3 is 1.91 bits per heavy atom. The van der Waals surface area contributed by atoms with Gasteiger partial charge in [-0.25, -0.2) is 0 Å². The Bertz CT molecular complexity index is 121. The molecule has 1 N–H and O–H groups in total. The molecule has 0 aliphatic heterocycles. The highest BCUT2D eigenvalue weighted by molar-refractivity contribution is 5.73. The number of methoxy groups -OCH3 is 1. The number of aliphatic hydroxyl groups is 1. The number of carbonyl (C=O) groups is 1. The second-order valence-electron chi connectivity index (χ2n) is 3.03. The molecule has 0 bridgehead atoms. The van der Waals surface area contributed by atoms with Crippen molar-refractivity contribution in [3.05, 3.63) is 0 Å². The van der Waals surface area contributed by atoms with Crippen LogP contribution < -0.4 is 0 Å². The summed E-state index contributed by atoms with van der Waals surface area (Å²) < 4.78 is 4.54. The van der Waals surface area contributed by atoms with Gasteiger partial charge in [-0.1, -0.05) is 13.8 Å². The molecule has 0 amide bonds. The van der Waals surface area contributed by atoms with Crippen LogP contribution in [0.2, 0.25) is 0 Å². The third-order valence-corrected chi connectivity index (χ3v) is 1.71. The van der Waals surface area contributed by atoms with Crippen LogP contribution >= 0.6 is 0 Å². The first-order valence-corrected chi connectivity index (χ1v) is 3.76. The van der Waals surface area contributed by atoms with Crippen molar-refractivity contribution in [2.45, 2.75) is 26.9 Å². The topological polar surface area (TPSA) is 46.5 Å². The fourth-order valence-corrected chi connectivity index (χ4v) is 1.16. The third kappa shape index (κ3) is 2.89. The second-order valence-corrected chi connectivity index (χ2v) is 3.03. The molecule has 0 heterocycles. The van der Waals surface area contributed by atoms with E-state index in [1.807, 2.05) is 13.8 Å². The number of hydrogen-bond acceptors (Lipinski definition) is 3. The molecule has 2 atom stereocenters. The fourth-order valence-electron chi connectivity index (χ4n) is 1.16. The number of aliphatic hydroxyl groups excluding tert-OH is 1. The van der Waals surface area contributed by atoms with Crippen molar-refractivity contribution in [2.24, 2.45) is 11.8 Å². The van der Waals surface area contributed by atoms with Crippen molar-refractivity contribution in [1.82, 2.24) is 0 Å². The Morgan fingerprint density at radius 1 is 1.36 bits per heavy atom. The van der Waals surface area contributed by atoms with E-state index in [1.165, 1.54) is 7.11 Å². The summed E-state index contributed by atoms with van der Waals surface area (Å²) in [5, 5.41) is 9.18. The van der Waals surface area contributed by atoms with E-state index < -0.39 is 12.0 Å². The molecule has 0 rings (SSSR count). The van der Waals surface area contributed by atoms with Gasteiger partial charge in [0.25, 0.3) is 0 Å². The van der Waals surface area contributed by atoms with Crippen LogP contribution in [0.4, 0.5) is 0 Å². The molecule has 66 valence electrons. The lowest BCUT2D eigenvalue weighted by molar-refractivity contribution is -0.151. The van der Waals surface area contributed by atoms with Crippen LogP contribution in [0.1, 0.15) is 20.8 Å². The first kappa shape index (κ1) is 10.4. The van der Waals surface area contributed by atoms with Crippen LogP contribution in [0.3, 0.4) is 0 Å². The van der Waals surface area contributed by atoms with Crippen LogP contribution in [0.15, 0.2) is 0 Å². The molecular formula is C8H16O3. The zero-order chi connectivity index (χ0) is 9.02. The lowest BCUT2D eigenvalue weighted by Crippen LogP contribution is -2.31. The first-order chi connectivity index (χ1) is 5.00. The van der Waals surface area contributed by atoms with Crippen molar-refractivity contribution in [3.8, 4) is 0 Å². The second kappa shape index (κ2) is 4.34. The van der Waals surface area contributed by atoms with Gasteiger partial charge in [-0.2, -0.15) is 0 Å². The number of hydrogen-bond donors (Lipinski definition) is 1. The third-order valence-electron chi connectivity index (χ3n) is 1.71. The van der Waals surface area contributed by atoms with E-state index in [0.717, 1.165) is 0 Å². The summed E-state index contributed by atoms with van der Waals surface area (Å²) in [5.74, 6) is -0.627. The van der Waals surface area contributed by atoms with Crippen molar-refractivity contribution >= 4 is 5.97 Å². The maximum atomic E-state index is 11.0. The summed E-state index contributed by atoms with van der Waals surface area (Å²) in [7, 11) is 1.33. The van der Waals surface area contributed by atoms with Crippen molar-refractivity contribution < 1.29 is 14.6 Å². The number of carbonyl (C=O) groups excluding carboxylic acids is 1. The number of ether oxygens (including phenoxy) is 1. The molecule has 0 aliphatic rings. The van der Waals surface area contributed by atoms with Gasteiger partial charge in [0, 0.05) is 0 Å². The van der Waals surface area contributed by atoms with E-state index in [0.29, 0.717) is 0 Å². The minimum absolute atomic E-state index is 0.113. The van der Waals surface area contributed by atoms with E-state index in [2.05, 4.69) is 4.74 Å². The standard InChI is InChI=1S/C8H16O3/c1-5(2)7(6(3)9)8(10)11-4/h5-7,9H,1-4H3. The largest absolute Gasteiger partial charge is 0.469 e. The minimum atomic E-state index is -0.637. The molecule has 0 radical (unpaired) electrons. The van der Waals surface area contributed by atoms with Crippen molar-refractivity contribution in [2.75, 3.05) is 7.11 Å². The monoisotopic (exact) mass is 160 g/mol. The summed E-state index contributed by atoms with van der Waals surface area (Å²) in [6.45, 7) is 5.37. The summed E-state index contributed by atoms with van der Waals surface area (Å²) >= 11 is 0. The Morgan fingerprint density at radius 2 is 1.82 bits per heavy atom. The van der Waals surface area contributed by atoms with Crippen LogP contribution in [0.25, 0.3) is 0 Å². The molecule has 0 aromatic carbocycles. The normalized spacial score (nSPS) is 16.2. The highest BCUT2D eigenvalue weighted by Crippen LogP contribution is 2.16. The molecule has 0 aliphatic carbocycles. The summed E-state index contributed by atoms with van der Waals surface area (Å²) in [6, 6.07) is 0. The van der Waals surface area contributed by atoms with Gasteiger partial charge in [-0.05, 0) is 12.8 Å². The van der Waals surface area contributed by atoms with Gasteiger partial charge in [0.05, 0.1) is 19.1 Å². The number of rotatable bonds is 3. The van der Waals surface area contributed by atoms with Gasteiger partial charge in [-0.15, -0.1) is 0 Å². The molecule has 0 aromatic heterocycles. The highest BCUT2D eigenvalue weighted by atomic mass is 16.5. The molecular weight excluding hydrogens is 144 g/mol. The van der Waals surface area contributed by atoms with Crippen LogP contribution in [-0.2, 0) is 9.53 Å². The molecule has 11 heavy (non-hydrogen) atoms. The van der Waals surface area contributed by atoms with Crippen molar-refractivity contribution in [1.29, 1.82) is 0 Å². The highest BCUT2D eigenvalue weighted by Gasteiger charge is 2.27. The average Bonchev–Trinajstić information content (AvgIpc) is 1.85. The van der Waals surface area contributed by atoms with Gasteiger partial charge < -0.3 is 9.84 Å². The van der Waals surface area contributed by atoms with Gasteiger partial charge in [0.1, 0.15) is 0 Å². The molecule has 0 saturated heterocycles. The molecule has 0 spiro atoms. The molecule has 2 unspecified atom stereocenters. The molecule has 0 fully saturated rings. The lowest BCUT2D eigenvalue weighted by Gasteiger charge is -2.20. The average molecular weight is 160 g/mol. The van der Waals surface area contributed by atoms with E-state index in [4.69, 9.17) is 0 Å². The van der Waals surface area contributed by atoms with Crippen molar-refractivity contribution in [3.63, 3.8) is 0 Å². The van der Waals surface area contributed by atoms with Gasteiger partial charge in [0.15, 0.2) is 0 Å². The lowest BCUT2D eigenvalue weighted by atomic mass is 9.91. The zero-order valence-electron chi connectivity index (χ0n) is 7.50. The summed E-state index contributed by atoms with van der Waals surface area (Å²) in [4.78, 5) is 11.0. The zero-order valence-corrected chi connectivity index (χ0v) is 7.50. The first-order valence-electron chi connectivity index (χ1n) is 3.76. The van der Waals surface area contributed by atoms with E-state index in [-0.39, 0.29) is 11.9 Å². The Labute approximate surface area is 67.4 Å². The van der Waals surface area contributed by atoms with Gasteiger partial charge in [-0.3, -0.25) is 4.79 Å². The van der Waals surface area contributed by atoms with Gasteiger partial charge >= 0.3 is 5.97 Å². The van der Waals surface area contributed by atoms with Crippen LogP contribution in [0.5, 0.6) is 0 Å². The SMILES string of the molecule is COC(=O)C(C(C)C)C(C)O. The van der Waals surface area contributed by atoms with Crippen LogP contribution in [0, 0.1) is 11.8 Å². The Kier molecular flexibility index (Phi) is 4.11. The minimum Gasteiger partial charge on any atom is -0.469 e. The molecule has 0 aromatic rings. The smallest absolute Gasteiger partial charge is 0.311 e. The van der Waals surface area contributed by atoms with E-state index in [1.54, 1.807) is 6.92 Å². The summed E-state index contributed by atoms with van der Waals surface area (Å²) in [5.41, 5.74) is 0. The van der Waals surface area contributed by atoms with E-state index in [9.17, 15) is 9.90 Å². The Balaban J connectivity index is 4.22. The van der Waals surface area contributed by atoms with Crippen LogP contribution in [-0.4, -0.2) is 24.3 Å². The van der Waals surface area contributed by atoms with Gasteiger partial charge in [0.2, 0.25) is 0 Å². The predicted molar refractivity (Wildman–Crippen MR) is 42.0 cm³/mol. The quantitative estimate of drug-likeness (QED) is 0.621. The maximum Gasteiger partial charge on any atom is 0.311 e. The number of esters is 1. The summed E-state index contributed by atoms with van der Waals surface area (Å²) in [6.07, 6.45) is -0.637. The fraction of sp³-hybridized carbons (Fsp3) is 0.875. The molecule has 3 nitrogen and oxygen atoms in total.